The fraction of sp³-hybridized carbons (Fsp3) is 0.750. The summed E-state index contributed by atoms with van der Waals surface area (Å²) in [4.78, 5) is 13.6. The van der Waals surface area contributed by atoms with Crippen molar-refractivity contribution in [1.82, 2.24) is 25.0 Å². The van der Waals surface area contributed by atoms with Crippen LogP contribution in [0.1, 0.15) is 24.5 Å². The number of hydrogen-bond donors (Lipinski definition) is 1. The molecule has 1 fully saturated rings. The molecule has 0 bridgehead atoms. The van der Waals surface area contributed by atoms with Crippen molar-refractivity contribution in [3.63, 3.8) is 0 Å². The number of nitrogens with zero attached hydrogens (tertiary/aromatic N) is 4. The maximum Gasteiger partial charge on any atom is 0.317 e. The van der Waals surface area contributed by atoms with Gasteiger partial charge in [-0.05, 0) is 12.8 Å². The first-order valence-electron chi connectivity index (χ1n) is 7.08. The van der Waals surface area contributed by atoms with Gasteiger partial charge in [0.25, 0.3) is 0 Å². The molecule has 9 heteroatoms. The van der Waals surface area contributed by atoms with Crippen molar-refractivity contribution in [2.24, 2.45) is 0 Å². The molecule has 3 heterocycles. The lowest BCUT2D eigenvalue weighted by atomic mass is 10.2. The third-order valence-electron chi connectivity index (χ3n) is 4.16. The molecule has 8 nitrogen and oxygen atoms in total. The number of hydrogen-bond acceptors (Lipinski definition) is 5. The molecule has 0 unspecified atom stereocenters. The van der Waals surface area contributed by atoms with Crippen LogP contribution in [0.15, 0.2) is 0 Å². The summed E-state index contributed by atoms with van der Waals surface area (Å²) in [7, 11) is -1.35. The molecule has 2 amide bonds. The van der Waals surface area contributed by atoms with Gasteiger partial charge in [-0.1, -0.05) is 0 Å². The smallest absolute Gasteiger partial charge is 0.317 e. The molecule has 21 heavy (non-hydrogen) atoms. The number of carbonyl (C=O) groups is 1. The molecule has 3 rings (SSSR count). The molecule has 1 aromatic heterocycles. The van der Waals surface area contributed by atoms with Crippen LogP contribution in [-0.4, -0.2) is 58.7 Å². The second kappa shape index (κ2) is 5.28. The van der Waals surface area contributed by atoms with E-state index in [2.05, 4.69) is 15.5 Å². The van der Waals surface area contributed by atoms with Crippen molar-refractivity contribution < 1.29 is 13.2 Å². The normalized spacial score (nSPS) is 23.0. The first-order chi connectivity index (χ1) is 9.96. The minimum atomic E-state index is -2.99. The van der Waals surface area contributed by atoms with Gasteiger partial charge in [0.05, 0.1) is 18.1 Å². The Labute approximate surface area is 123 Å². The zero-order valence-corrected chi connectivity index (χ0v) is 12.8. The third kappa shape index (κ3) is 2.87. The molecular weight excluding hydrogens is 294 g/mol. The van der Waals surface area contributed by atoms with Crippen LogP contribution in [0.25, 0.3) is 0 Å². The average Bonchev–Trinajstić information content (AvgIpc) is 3.10. The van der Waals surface area contributed by atoms with Crippen LogP contribution in [-0.2, 0) is 29.3 Å². The van der Waals surface area contributed by atoms with Crippen molar-refractivity contribution in [3.05, 3.63) is 11.6 Å². The SMILES string of the molecule is CN(C(=O)NCc1nnc2n1CCC2)[C@@H]1CCS(=O)(=O)C1. The monoisotopic (exact) mass is 313 g/mol. The lowest BCUT2D eigenvalue weighted by Gasteiger charge is -2.23. The summed E-state index contributed by atoms with van der Waals surface area (Å²) < 4.78 is 24.9. The van der Waals surface area contributed by atoms with Gasteiger partial charge in [-0.25, -0.2) is 13.2 Å². The number of rotatable bonds is 3. The number of aryl methyl sites for hydroxylation is 1. The molecule has 1 aromatic rings. The fourth-order valence-electron chi connectivity index (χ4n) is 2.87. The van der Waals surface area contributed by atoms with Crippen molar-refractivity contribution >= 4 is 15.9 Å². The highest BCUT2D eigenvalue weighted by Gasteiger charge is 2.32. The Balaban J connectivity index is 1.56. The molecule has 0 saturated carbocycles. The first kappa shape index (κ1) is 14.3. The van der Waals surface area contributed by atoms with E-state index in [0.29, 0.717) is 13.0 Å². The van der Waals surface area contributed by atoms with Gasteiger partial charge in [0.15, 0.2) is 15.7 Å². The molecule has 0 radical (unpaired) electrons. The minimum Gasteiger partial charge on any atom is -0.331 e. The summed E-state index contributed by atoms with van der Waals surface area (Å²) in [5.41, 5.74) is 0. The number of amides is 2. The van der Waals surface area contributed by atoms with Crippen LogP contribution >= 0.6 is 0 Å². The van der Waals surface area contributed by atoms with E-state index in [-0.39, 0.29) is 23.6 Å². The number of sulfone groups is 1. The van der Waals surface area contributed by atoms with E-state index in [9.17, 15) is 13.2 Å². The molecule has 0 aliphatic carbocycles. The van der Waals surface area contributed by atoms with Crippen LogP contribution in [0, 0.1) is 0 Å². The predicted molar refractivity (Wildman–Crippen MR) is 75.4 cm³/mol. The van der Waals surface area contributed by atoms with Gasteiger partial charge in [-0.2, -0.15) is 0 Å². The Morgan fingerprint density at radius 2 is 2.29 bits per heavy atom. The average molecular weight is 313 g/mol. The van der Waals surface area contributed by atoms with Gasteiger partial charge in [0, 0.05) is 26.1 Å². The van der Waals surface area contributed by atoms with Crippen LogP contribution in [0.3, 0.4) is 0 Å². The standard InChI is InChI=1S/C12H19N5O3S/c1-16(9-4-6-21(19,20)8-9)12(18)13-7-11-15-14-10-3-2-5-17(10)11/h9H,2-8H2,1H3,(H,13,18)/t9-/m1/s1. The summed E-state index contributed by atoms with van der Waals surface area (Å²) in [6.45, 7) is 1.21. The van der Waals surface area contributed by atoms with Gasteiger partial charge in [-0.15, -0.1) is 10.2 Å². The zero-order valence-electron chi connectivity index (χ0n) is 11.9. The van der Waals surface area contributed by atoms with E-state index in [4.69, 9.17) is 0 Å². The van der Waals surface area contributed by atoms with E-state index >= 15 is 0 Å². The lowest BCUT2D eigenvalue weighted by molar-refractivity contribution is 0.194. The minimum absolute atomic E-state index is 0.0528. The predicted octanol–water partition coefficient (Wildman–Crippen LogP) is -0.447. The number of carbonyl (C=O) groups excluding carboxylic acids is 1. The van der Waals surface area contributed by atoms with Gasteiger partial charge in [0.1, 0.15) is 5.82 Å². The molecule has 0 spiro atoms. The Morgan fingerprint density at radius 1 is 1.48 bits per heavy atom. The van der Waals surface area contributed by atoms with Gasteiger partial charge in [-0.3, -0.25) is 0 Å². The topological polar surface area (TPSA) is 97.2 Å². The third-order valence-corrected chi connectivity index (χ3v) is 5.91. The van der Waals surface area contributed by atoms with Crippen LogP contribution in [0.4, 0.5) is 4.79 Å². The van der Waals surface area contributed by atoms with Crippen molar-refractivity contribution in [1.29, 1.82) is 0 Å². The highest BCUT2D eigenvalue weighted by molar-refractivity contribution is 7.91. The number of fused-ring (bicyclic) bond motifs is 1. The Hall–Kier alpha value is -1.64. The molecule has 2 aliphatic rings. The maximum atomic E-state index is 12.1. The molecule has 2 aliphatic heterocycles. The number of nitrogens with one attached hydrogen (secondary N) is 1. The molecule has 1 N–H and O–H groups in total. The second-order valence-electron chi connectivity index (χ2n) is 5.61. The Morgan fingerprint density at radius 3 is 3.00 bits per heavy atom. The molecular formula is C12H19N5O3S. The fourth-order valence-corrected chi connectivity index (χ4v) is 4.64. The Bertz CT molecular complexity index is 654. The summed E-state index contributed by atoms with van der Waals surface area (Å²) >= 11 is 0. The number of urea groups is 1. The van der Waals surface area contributed by atoms with Crippen LogP contribution in [0.5, 0.6) is 0 Å². The summed E-state index contributed by atoms with van der Waals surface area (Å²) in [5.74, 6) is 1.93. The van der Waals surface area contributed by atoms with Gasteiger partial charge >= 0.3 is 6.03 Å². The van der Waals surface area contributed by atoms with Crippen molar-refractivity contribution in [3.8, 4) is 0 Å². The van der Waals surface area contributed by atoms with E-state index in [1.54, 1.807) is 7.05 Å². The largest absolute Gasteiger partial charge is 0.331 e. The molecule has 0 aromatic carbocycles. The molecule has 1 saturated heterocycles. The van der Waals surface area contributed by atoms with Crippen LogP contribution < -0.4 is 5.32 Å². The second-order valence-corrected chi connectivity index (χ2v) is 7.84. The van der Waals surface area contributed by atoms with E-state index < -0.39 is 9.84 Å². The van der Waals surface area contributed by atoms with E-state index in [1.165, 1.54) is 4.90 Å². The Kier molecular flexibility index (Phi) is 3.60. The van der Waals surface area contributed by atoms with Gasteiger partial charge < -0.3 is 14.8 Å². The maximum absolute atomic E-state index is 12.1. The molecule has 1 atom stereocenters. The number of aromatic nitrogens is 3. The van der Waals surface area contributed by atoms with E-state index in [0.717, 1.165) is 31.0 Å². The van der Waals surface area contributed by atoms with E-state index in [1.807, 2.05) is 4.57 Å². The van der Waals surface area contributed by atoms with Crippen molar-refractivity contribution in [2.45, 2.75) is 38.4 Å². The van der Waals surface area contributed by atoms with Gasteiger partial charge in [0.2, 0.25) is 0 Å². The highest BCUT2D eigenvalue weighted by Crippen LogP contribution is 2.17. The summed E-state index contributed by atoms with van der Waals surface area (Å²) in [6.07, 6.45) is 2.50. The summed E-state index contributed by atoms with van der Waals surface area (Å²) in [5, 5.41) is 10.9. The van der Waals surface area contributed by atoms with Crippen molar-refractivity contribution in [2.75, 3.05) is 18.6 Å². The first-order valence-corrected chi connectivity index (χ1v) is 8.90. The highest BCUT2D eigenvalue weighted by atomic mass is 32.2. The van der Waals surface area contributed by atoms with Crippen LogP contribution in [0.2, 0.25) is 0 Å². The zero-order chi connectivity index (χ0) is 15.0. The lowest BCUT2D eigenvalue weighted by Crippen LogP contribution is -2.44. The summed E-state index contributed by atoms with van der Waals surface area (Å²) in [6, 6.07) is -0.508. The quantitative estimate of drug-likeness (QED) is 0.815. The molecule has 116 valence electrons.